The summed E-state index contributed by atoms with van der Waals surface area (Å²) in [7, 11) is 3.18. The monoisotopic (exact) mass is 375 g/mol. The van der Waals surface area contributed by atoms with Crippen molar-refractivity contribution in [2.45, 2.75) is 13.1 Å². The number of nitrogens with one attached hydrogen (secondary N) is 1. The number of thiophene rings is 1. The molecule has 2 aromatic rings. The van der Waals surface area contributed by atoms with Crippen molar-refractivity contribution in [2.24, 2.45) is 0 Å². The zero-order valence-corrected chi connectivity index (χ0v) is 14.4. The molecule has 1 aromatic heterocycles. The molecular formula is C14H15BrClNO2S. The van der Waals surface area contributed by atoms with Crippen LogP contribution in [0.5, 0.6) is 11.5 Å². The lowest BCUT2D eigenvalue weighted by atomic mass is 10.2. The molecule has 0 spiro atoms. The fourth-order valence-electron chi connectivity index (χ4n) is 1.83. The smallest absolute Gasteiger partial charge is 0.179 e. The van der Waals surface area contributed by atoms with Crippen molar-refractivity contribution in [2.75, 3.05) is 14.2 Å². The van der Waals surface area contributed by atoms with Crippen LogP contribution < -0.4 is 14.8 Å². The maximum absolute atomic E-state index is 6.33. The van der Waals surface area contributed by atoms with Crippen LogP contribution in [0.4, 0.5) is 0 Å². The van der Waals surface area contributed by atoms with Crippen molar-refractivity contribution in [3.05, 3.63) is 43.5 Å². The average Bonchev–Trinajstić information content (AvgIpc) is 2.86. The van der Waals surface area contributed by atoms with Crippen LogP contribution in [0.3, 0.4) is 0 Å². The number of hydrogen-bond acceptors (Lipinski definition) is 4. The maximum atomic E-state index is 6.33. The van der Waals surface area contributed by atoms with E-state index in [1.807, 2.05) is 18.2 Å². The van der Waals surface area contributed by atoms with Crippen LogP contribution in [0.2, 0.25) is 5.02 Å². The van der Waals surface area contributed by atoms with Gasteiger partial charge < -0.3 is 14.8 Å². The molecule has 20 heavy (non-hydrogen) atoms. The van der Waals surface area contributed by atoms with Gasteiger partial charge in [0, 0.05) is 22.4 Å². The molecule has 0 atom stereocenters. The van der Waals surface area contributed by atoms with Gasteiger partial charge in [-0.1, -0.05) is 17.7 Å². The minimum absolute atomic E-state index is 0.575. The normalized spacial score (nSPS) is 10.6. The largest absolute Gasteiger partial charge is 0.493 e. The van der Waals surface area contributed by atoms with Crippen LogP contribution in [-0.2, 0) is 13.1 Å². The highest BCUT2D eigenvalue weighted by Crippen LogP contribution is 2.37. The number of hydrogen-bond donors (Lipinski definition) is 1. The number of rotatable bonds is 6. The van der Waals surface area contributed by atoms with Gasteiger partial charge in [-0.05, 0) is 39.0 Å². The molecule has 0 unspecified atom stereocenters. The summed E-state index contributed by atoms with van der Waals surface area (Å²) in [6.45, 7) is 1.46. The fraction of sp³-hybridized carbons (Fsp3) is 0.286. The van der Waals surface area contributed by atoms with E-state index >= 15 is 0 Å². The van der Waals surface area contributed by atoms with Gasteiger partial charge in [-0.25, -0.2) is 0 Å². The highest BCUT2D eigenvalue weighted by Gasteiger charge is 2.12. The van der Waals surface area contributed by atoms with Gasteiger partial charge in [0.05, 0.1) is 19.2 Å². The van der Waals surface area contributed by atoms with Crippen LogP contribution in [0.15, 0.2) is 28.1 Å². The first kappa shape index (κ1) is 15.6. The lowest BCUT2D eigenvalue weighted by Gasteiger charge is -2.13. The van der Waals surface area contributed by atoms with E-state index < -0.39 is 0 Å². The number of halogens is 2. The van der Waals surface area contributed by atoms with Crippen molar-refractivity contribution in [3.63, 3.8) is 0 Å². The quantitative estimate of drug-likeness (QED) is 0.807. The summed E-state index contributed by atoms with van der Waals surface area (Å²) in [5.41, 5.74) is 0.983. The third-order valence-corrected chi connectivity index (χ3v) is 5.20. The molecule has 0 aliphatic rings. The second kappa shape index (κ2) is 7.31. The Morgan fingerprint density at radius 3 is 2.60 bits per heavy atom. The molecule has 0 amide bonds. The lowest BCUT2D eigenvalue weighted by molar-refractivity contribution is 0.354. The molecule has 108 valence electrons. The first-order valence-corrected chi connectivity index (χ1v) is 8.04. The van der Waals surface area contributed by atoms with E-state index in [0.29, 0.717) is 23.1 Å². The molecule has 0 bridgehead atoms. The van der Waals surface area contributed by atoms with Crippen molar-refractivity contribution in [3.8, 4) is 11.5 Å². The summed E-state index contributed by atoms with van der Waals surface area (Å²) in [6.07, 6.45) is 0. The minimum atomic E-state index is 0.575. The van der Waals surface area contributed by atoms with Crippen molar-refractivity contribution in [1.82, 2.24) is 5.32 Å². The summed E-state index contributed by atoms with van der Waals surface area (Å²) in [6, 6.07) is 5.86. The van der Waals surface area contributed by atoms with Gasteiger partial charge in [-0.2, -0.15) is 0 Å². The predicted octanol–water partition coefficient (Wildman–Crippen LogP) is 4.47. The first-order valence-electron chi connectivity index (χ1n) is 5.99. The van der Waals surface area contributed by atoms with Gasteiger partial charge in [-0.15, -0.1) is 11.3 Å². The second-order valence-corrected chi connectivity index (χ2v) is 6.30. The lowest BCUT2D eigenvalue weighted by Crippen LogP contribution is -2.12. The van der Waals surface area contributed by atoms with Gasteiger partial charge in [-0.3, -0.25) is 0 Å². The van der Waals surface area contributed by atoms with E-state index in [0.717, 1.165) is 16.6 Å². The number of methoxy groups -OCH3 is 2. The minimum Gasteiger partial charge on any atom is -0.493 e. The third-order valence-electron chi connectivity index (χ3n) is 2.86. The van der Waals surface area contributed by atoms with E-state index in [2.05, 4.69) is 26.6 Å². The van der Waals surface area contributed by atoms with Gasteiger partial charge in [0.25, 0.3) is 0 Å². The molecule has 0 radical (unpaired) electrons. The number of ether oxygens (including phenoxy) is 2. The van der Waals surface area contributed by atoms with Gasteiger partial charge in [0.2, 0.25) is 0 Å². The Hall–Kier alpha value is -0.750. The molecule has 0 saturated carbocycles. The summed E-state index contributed by atoms with van der Waals surface area (Å²) >= 11 is 11.6. The highest BCUT2D eigenvalue weighted by atomic mass is 79.9. The van der Waals surface area contributed by atoms with E-state index in [1.165, 1.54) is 4.88 Å². The Labute approximate surface area is 136 Å². The maximum Gasteiger partial charge on any atom is 0.179 e. The molecule has 1 aromatic carbocycles. The highest BCUT2D eigenvalue weighted by molar-refractivity contribution is 9.10. The van der Waals surface area contributed by atoms with Crippen LogP contribution >= 0.6 is 38.9 Å². The van der Waals surface area contributed by atoms with Crippen molar-refractivity contribution >= 4 is 38.9 Å². The van der Waals surface area contributed by atoms with Crippen LogP contribution in [0, 0.1) is 0 Å². The molecule has 6 heteroatoms. The molecule has 0 aliphatic carbocycles. The van der Waals surface area contributed by atoms with E-state index in [4.69, 9.17) is 21.1 Å². The molecule has 1 N–H and O–H groups in total. The molecule has 0 saturated heterocycles. The van der Waals surface area contributed by atoms with E-state index in [-0.39, 0.29) is 0 Å². The van der Waals surface area contributed by atoms with Gasteiger partial charge in [0.15, 0.2) is 11.5 Å². The molecule has 0 fully saturated rings. The second-order valence-electron chi connectivity index (χ2n) is 4.07. The Morgan fingerprint density at radius 2 is 2.00 bits per heavy atom. The molecule has 2 rings (SSSR count). The van der Waals surface area contributed by atoms with E-state index in [1.54, 1.807) is 25.6 Å². The molecular weight excluding hydrogens is 362 g/mol. The Morgan fingerprint density at radius 1 is 1.20 bits per heavy atom. The number of benzene rings is 1. The van der Waals surface area contributed by atoms with E-state index in [9.17, 15) is 0 Å². The average molecular weight is 377 g/mol. The Balaban J connectivity index is 2.05. The molecule has 0 aliphatic heterocycles. The SMILES string of the molecule is COc1ccc(CNCc2sccc2Br)c(Cl)c1OC. The zero-order valence-electron chi connectivity index (χ0n) is 11.2. The van der Waals surface area contributed by atoms with Crippen molar-refractivity contribution in [1.29, 1.82) is 0 Å². The summed E-state index contributed by atoms with van der Waals surface area (Å²) in [4.78, 5) is 1.27. The Bertz CT molecular complexity index is 589. The topological polar surface area (TPSA) is 30.5 Å². The summed E-state index contributed by atoms with van der Waals surface area (Å²) < 4.78 is 11.6. The molecule has 1 heterocycles. The Kier molecular flexibility index (Phi) is 5.72. The van der Waals surface area contributed by atoms with Gasteiger partial charge in [0.1, 0.15) is 0 Å². The fourth-order valence-corrected chi connectivity index (χ4v) is 3.59. The van der Waals surface area contributed by atoms with Crippen LogP contribution in [-0.4, -0.2) is 14.2 Å². The van der Waals surface area contributed by atoms with Crippen LogP contribution in [0.25, 0.3) is 0 Å². The third kappa shape index (κ3) is 3.47. The summed E-state index contributed by atoms with van der Waals surface area (Å²) in [5.74, 6) is 1.22. The zero-order chi connectivity index (χ0) is 14.5. The standard InChI is InChI=1S/C14H15BrClNO2S/c1-18-11-4-3-9(13(16)14(11)19-2)7-17-8-12-10(15)5-6-20-12/h3-6,17H,7-8H2,1-2H3. The molecule has 3 nitrogen and oxygen atoms in total. The van der Waals surface area contributed by atoms with Crippen LogP contribution in [0.1, 0.15) is 10.4 Å². The first-order chi connectivity index (χ1) is 9.67. The van der Waals surface area contributed by atoms with Crippen molar-refractivity contribution < 1.29 is 9.47 Å². The van der Waals surface area contributed by atoms with Gasteiger partial charge >= 0.3 is 0 Å². The summed E-state index contributed by atoms with van der Waals surface area (Å²) in [5, 5.41) is 6.02. The predicted molar refractivity (Wildman–Crippen MR) is 87.1 cm³/mol.